The summed E-state index contributed by atoms with van der Waals surface area (Å²) in [6, 6.07) is 7.39. The molecule has 0 saturated carbocycles. The molecule has 3 heteroatoms. The summed E-state index contributed by atoms with van der Waals surface area (Å²) in [5, 5.41) is 0. The van der Waals surface area contributed by atoms with Gasteiger partial charge in [0.15, 0.2) is 6.29 Å². The summed E-state index contributed by atoms with van der Waals surface area (Å²) in [6.45, 7) is 3.97. The molecule has 18 heavy (non-hydrogen) atoms. The molecule has 0 N–H and O–H groups in total. The van der Waals surface area contributed by atoms with Gasteiger partial charge in [-0.3, -0.25) is 9.69 Å². The van der Waals surface area contributed by atoms with Crippen molar-refractivity contribution in [2.24, 2.45) is 0 Å². The van der Waals surface area contributed by atoms with E-state index in [-0.39, 0.29) is 0 Å². The van der Waals surface area contributed by atoms with Gasteiger partial charge in [0.1, 0.15) is 12.4 Å². The third-order valence-electron chi connectivity index (χ3n) is 3.41. The molecular weight excluding hydrogens is 226 g/mol. The Kier molecular flexibility index (Phi) is 5.21. The fourth-order valence-corrected chi connectivity index (χ4v) is 2.35. The van der Waals surface area contributed by atoms with E-state index in [0.29, 0.717) is 17.9 Å². The van der Waals surface area contributed by atoms with Gasteiger partial charge in [0.05, 0.1) is 5.56 Å². The van der Waals surface area contributed by atoms with Crippen molar-refractivity contribution in [3.05, 3.63) is 29.8 Å². The number of carbonyl (C=O) groups is 1. The molecule has 1 fully saturated rings. The molecule has 1 aromatic carbocycles. The lowest BCUT2D eigenvalue weighted by molar-refractivity contribution is 0.111. The molecular formula is C15H21NO2. The first-order chi connectivity index (χ1) is 8.90. The van der Waals surface area contributed by atoms with Crippen LogP contribution >= 0.6 is 0 Å². The van der Waals surface area contributed by atoms with E-state index in [9.17, 15) is 4.79 Å². The summed E-state index contributed by atoms with van der Waals surface area (Å²) in [4.78, 5) is 13.3. The van der Waals surface area contributed by atoms with Crippen molar-refractivity contribution in [2.45, 2.75) is 25.7 Å². The maximum atomic E-state index is 10.8. The van der Waals surface area contributed by atoms with Crippen LogP contribution in [0.2, 0.25) is 0 Å². The van der Waals surface area contributed by atoms with Crippen molar-refractivity contribution >= 4 is 6.29 Å². The first-order valence-electron chi connectivity index (χ1n) is 6.79. The van der Waals surface area contributed by atoms with E-state index in [2.05, 4.69) is 4.90 Å². The van der Waals surface area contributed by atoms with Crippen LogP contribution in [0.3, 0.4) is 0 Å². The molecule has 0 unspecified atom stereocenters. The van der Waals surface area contributed by atoms with Gasteiger partial charge in [0.25, 0.3) is 0 Å². The van der Waals surface area contributed by atoms with Gasteiger partial charge in [-0.1, -0.05) is 25.0 Å². The van der Waals surface area contributed by atoms with Crippen LogP contribution in [-0.2, 0) is 0 Å². The molecule has 0 bridgehead atoms. The molecule has 1 aromatic rings. The predicted octanol–water partition coefficient (Wildman–Crippen LogP) is 2.75. The van der Waals surface area contributed by atoms with Crippen molar-refractivity contribution in [3.63, 3.8) is 0 Å². The predicted molar refractivity (Wildman–Crippen MR) is 72.2 cm³/mol. The number of nitrogens with zero attached hydrogens (tertiary/aromatic N) is 1. The fraction of sp³-hybridized carbons (Fsp3) is 0.533. The molecule has 0 spiro atoms. The number of para-hydroxylation sites is 1. The van der Waals surface area contributed by atoms with E-state index in [4.69, 9.17) is 4.74 Å². The number of carbonyl (C=O) groups excluding carboxylic acids is 1. The summed E-state index contributed by atoms with van der Waals surface area (Å²) in [7, 11) is 0. The molecule has 0 aliphatic carbocycles. The summed E-state index contributed by atoms with van der Waals surface area (Å²) >= 11 is 0. The molecule has 0 radical (unpaired) electrons. The van der Waals surface area contributed by atoms with Crippen LogP contribution in [0.4, 0.5) is 0 Å². The van der Waals surface area contributed by atoms with Crippen molar-refractivity contribution < 1.29 is 9.53 Å². The second kappa shape index (κ2) is 7.17. The van der Waals surface area contributed by atoms with E-state index >= 15 is 0 Å². The molecule has 1 saturated heterocycles. The second-order valence-electron chi connectivity index (χ2n) is 4.76. The first-order valence-corrected chi connectivity index (χ1v) is 6.79. The van der Waals surface area contributed by atoms with Crippen molar-refractivity contribution in [3.8, 4) is 5.75 Å². The van der Waals surface area contributed by atoms with Crippen molar-refractivity contribution in [2.75, 3.05) is 26.2 Å². The second-order valence-corrected chi connectivity index (χ2v) is 4.76. The average molecular weight is 247 g/mol. The van der Waals surface area contributed by atoms with Crippen molar-refractivity contribution in [1.82, 2.24) is 4.90 Å². The summed E-state index contributed by atoms with van der Waals surface area (Å²) in [5.74, 6) is 0.697. The van der Waals surface area contributed by atoms with Crippen LogP contribution in [0.1, 0.15) is 36.0 Å². The Labute approximate surface area is 109 Å². The Morgan fingerprint density at radius 3 is 2.56 bits per heavy atom. The van der Waals surface area contributed by atoms with Gasteiger partial charge >= 0.3 is 0 Å². The van der Waals surface area contributed by atoms with E-state index in [1.807, 2.05) is 18.2 Å². The van der Waals surface area contributed by atoms with Crippen LogP contribution < -0.4 is 4.74 Å². The molecule has 2 rings (SSSR count). The number of benzene rings is 1. The van der Waals surface area contributed by atoms with Crippen LogP contribution in [0.25, 0.3) is 0 Å². The zero-order chi connectivity index (χ0) is 12.6. The monoisotopic (exact) mass is 247 g/mol. The highest BCUT2D eigenvalue weighted by Gasteiger charge is 2.09. The molecule has 0 amide bonds. The lowest BCUT2D eigenvalue weighted by atomic mass is 10.2. The normalized spacial score (nSPS) is 17.1. The Balaban J connectivity index is 1.78. The molecule has 0 aromatic heterocycles. The van der Waals surface area contributed by atoms with Gasteiger partial charge in [0.2, 0.25) is 0 Å². The highest BCUT2D eigenvalue weighted by molar-refractivity contribution is 5.79. The Hall–Kier alpha value is -1.35. The van der Waals surface area contributed by atoms with Crippen LogP contribution in [0.5, 0.6) is 5.75 Å². The smallest absolute Gasteiger partial charge is 0.153 e. The lowest BCUT2D eigenvalue weighted by Crippen LogP contribution is -2.29. The van der Waals surface area contributed by atoms with E-state index < -0.39 is 0 Å². The minimum atomic E-state index is 0.633. The minimum absolute atomic E-state index is 0.633. The largest absolute Gasteiger partial charge is 0.492 e. The van der Waals surface area contributed by atoms with Crippen molar-refractivity contribution in [1.29, 1.82) is 0 Å². The number of likely N-dealkylation sites (tertiary alicyclic amines) is 1. The highest BCUT2D eigenvalue weighted by atomic mass is 16.5. The van der Waals surface area contributed by atoms with Gasteiger partial charge in [-0.05, 0) is 38.1 Å². The highest BCUT2D eigenvalue weighted by Crippen LogP contribution is 2.16. The fourth-order valence-electron chi connectivity index (χ4n) is 2.35. The van der Waals surface area contributed by atoms with Crippen LogP contribution in [0, 0.1) is 0 Å². The SMILES string of the molecule is O=Cc1ccccc1OCCN1CCCCCC1. The maximum absolute atomic E-state index is 10.8. The van der Waals surface area contributed by atoms with Gasteiger partial charge < -0.3 is 4.74 Å². The number of ether oxygens (including phenoxy) is 1. The Morgan fingerprint density at radius 2 is 1.83 bits per heavy atom. The summed E-state index contributed by atoms with van der Waals surface area (Å²) in [6.07, 6.45) is 6.15. The van der Waals surface area contributed by atoms with Gasteiger partial charge in [-0.2, -0.15) is 0 Å². The maximum Gasteiger partial charge on any atom is 0.153 e. The molecule has 98 valence electrons. The van der Waals surface area contributed by atoms with E-state index in [1.54, 1.807) is 6.07 Å². The third-order valence-corrected chi connectivity index (χ3v) is 3.41. The van der Waals surface area contributed by atoms with E-state index in [0.717, 1.165) is 12.8 Å². The number of hydrogen-bond donors (Lipinski definition) is 0. The average Bonchev–Trinajstić information content (AvgIpc) is 2.68. The molecule has 0 atom stereocenters. The standard InChI is InChI=1S/C15H21NO2/c17-13-14-7-3-4-8-15(14)18-12-11-16-9-5-1-2-6-10-16/h3-4,7-8,13H,1-2,5-6,9-12H2. The topological polar surface area (TPSA) is 29.5 Å². The molecule has 1 aliphatic rings. The Morgan fingerprint density at radius 1 is 1.11 bits per heavy atom. The first kappa shape index (κ1) is 13.1. The van der Waals surface area contributed by atoms with Crippen LogP contribution in [0.15, 0.2) is 24.3 Å². The summed E-state index contributed by atoms with van der Waals surface area (Å²) in [5.41, 5.74) is 0.633. The molecule has 1 heterocycles. The minimum Gasteiger partial charge on any atom is -0.492 e. The zero-order valence-electron chi connectivity index (χ0n) is 10.8. The molecule has 1 aliphatic heterocycles. The lowest BCUT2D eigenvalue weighted by Gasteiger charge is -2.19. The van der Waals surface area contributed by atoms with Gasteiger partial charge in [0, 0.05) is 6.54 Å². The quantitative estimate of drug-likeness (QED) is 0.749. The number of rotatable bonds is 5. The number of aldehydes is 1. The van der Waals surface area contributed by atoms with Gasteiger partial charge in [-0.15, -0.1) is 0 Å². The summed E-state index contributed by atoms with van der Waals surface area (Å²) < 4.78 is 5.70. The van der Waals surface area contributed by atoms with E-state index in [1.165, 1.54) is 38.8 Å². The molecule has 3 nitrogen and oxygen atoms in total. The Bertz CT molecular complexity index is 371. The van der Waals surface area contributed by atoms with Gasteiger partial charge in [-0.25, -0.2) is 0 Å². The number of hydrogen-bond acceptors (Lipinski definition) is 3. The zero-order valence-corrected chi connectivity index (χ0v) is 10.8. The van der Waals surface area contributed by atoms with Crippen LogP contribution in [-0.4, -0.2) is 37.4 Å². The third kappa shape index (κ3) is 3.84.